The largest absolute Gasteiger partial charge is 0.390 e. The highest BCUT2D eigenvalue weighted by Gasteiger charge is 2.16. The van der Waals surface area contributed by atoms with Crippen LogP contribution in [0.4, 0.5) is 8.78 Å². The van der Waals surface area contributed by atoms with Gasteiger partial charge in [-0.15, -0.1) is 6.58 Å². The molecule has 2 aromatic rings. The van der Waals surface area contributed by atoms with E-state index in [1.807, 2.05) is 6.08 Å². The molecule has 0 spiro atoms. The Labute approximate surface area is 166 Å². The first-order valence-corrected chi connectivity index (χ1v) is 9.67. The SMILES string of the molecule is C=CCCCc1ccc(C)cc1CNC[C@@H](O)[C@@H](N)Cc1cc(F)cc(F)c1. The first kappa shape index (κ1) is 22.2. The Hall–Kier alpha value is -2.08. The fourth-order valence-electron chi connectivity index (χ4n) is 3.24. The zero-order valence-electron chi connectivity index (χ0n) is 16.4. The second-order valence-corrected chi connectivity index (χ2v) is 7.30. The van der Waals surface area contributed by atoms with Crippen molar-refractivity contribution in [1.29, 1.82) is 0 Å². The molecule has 2 aromatic carbocycles. The summed E-state index contributed by atoms with van der Waals surface area (Å²) in [5.41, 5.74) is 10.1. The second-order valence-electron chi connectivity index (χ2n) is 7.30. The van der Waals surface area contributed by atoms with Gasteiger partial charge < -0.3 is 16.2 Å². The molecule has 0 unspecified atom stereocenters. The Bertz CT molecular complexity index is 759. The number of aliphatic hydroxyl groups excluding tert-OH is 1. The lowest BCUT2D eigenvalue weighted by molar-refractivity contribution is 0.141. The standard InChI is InChI=1S/C23H30F2N2O/c1-3-4-5-6-18-8-7-16(2)9-19(18)14-27-15-23(28)22(26)12-17-10-20(24)13-21(25)11-17/h3,7-11,13,22-23,27-28H,1,4-6,12,14-15,26H2,2H3/t22-,23+/m0/s1. The Morgan fingerprint density at radius 1 is 1.14 bits per heavy atom. The average Bonchev–Trinajstić information content (AvgIpc) is 2.62. The minimum Gasteiger partial charge on any atom is -0.390 e. The quantitative estimate of drug-likeness (QED) is 0.405. The maximum absolute atomic E-state index is 13.3. The molecule has 4 N–H and O–H groups in total. The van der Waals surface area contributed by atoms with Crippen LogP contribution >= 0.6 is 0 Å². The predicted octanol–water partition coefficient (Wildman–Crippen LogP) is 3.80. The van der Waals surface area contributed by atoms with Crippen LogP contribution in [0.1, 0.15) is 35.1 Å². The van der Waals surface area contributed by atoms with E-state index in [0.717, 1.165) is 25.3 Å². The lowest BCUT2D eigenvalue weighted by Gasteiger charge is -2.20. The number of aliphatic hydroxyl groups is 1. The molecule has 0 aliphatic heterocycles. The van der Waals surface area contributed by atoms with E-state index in [0.29, 0.717) is 18.7 Å². The van der Waals surface area contributed by atoms with Gasteiger partial charge in [0.2, 0.25) is 0 Å². The number of hydrogen-bond donors (Lipinski definition) is 3. The van der Waals surface area contributed by atoms with Gasteiger partial charge in [-0.25, -0.2) is 8.78 Å². The van der Waals surface area contributed by atoms with Gasteiger partial charge in [0, 0.05) is 25.2 Å². The molecule has 2 rings (SSSR count). The number of allylic oxidation sites excluding steroid dienone is 1. The molecular formula is C23H30F2N2O. The van der Waals surface area contributed by atoms with Crippen molar-refractivity contribution >= 4 is 0 Å². The maximum atomic E-state index is 13.3. The molecule has 5 heteroatoms. The molecule has 0 fully saturated rings. The van der Waals surface area contributed by atoms with Crippen LogP contribution in [-0.4, -0.2) is 23.8 Å². The molecule has 2 atom stereocenters. The van der Waals surface area contributed by atoms with Crippen molar-refractivity contribution in [1.82, 2.24) is 5.32 Å². The predicted molar refractivity (Wildman–Crippen MR) is 110 cm³/mol. The van der Waals surface area contributed by atoms with Crippen molar-refractivity contribution < 1.29 is 13.9 Å². The third kappa shape index (κ3) is 7.15. The fourth-order valence-corrected chi connectivity index (χ4v) is 3.24. The summed E-state index contributed by atoms with van der Waals surface area (Å²) in [6, 6.07) is 9.10. The van der Waals surface area contributed by atoms with Gasteiger partial charge in [-0.2, -0.15) is 0 Å². The summed E-state index contributed by atoms with van der Waals surface area (Å²) in [5.74, 6) is -1.28. The van der Waals surface area contributed by atoms with Crippen molar-refractivity contribution in [2.45, 2.75) is 51.3 Å². The summed E-state index contributed by atoms with van der Waals surface area (Å²) in [5, 5.41) is 13.6. The smallest absolute Gasteiger partial charge is 0.126 e. The number of unbranched alkanes of at least 4 members (excludes halogenated alkanes) is 1. The minimum atomic E-state index is -0.819. The van der Waals surface area contributed by atoms with Gasteiger partial charge in [0.1, 0.15) is 11.6 Å². The second kappa shape index (κ2) is 11.1. The van der Waals surface area contributed by atoms with Crippen LogP contribution < -0.4 is 11.1 Å². The van der Waals surface area contributed by atoms with Crippen molar-refractivity contribution in [3.8, 4) is 0 Å². The van der Waals surface area contributed by atoms with Crippen LogP contribution in [0.2, 0.25) is 0 Å². The number of rotatable bonds is 11. The number of nitrogens with two attached hydrogens (primary N) is 1. The molecule has 0 amide bonds. The van der Waals surface area contributed by atoms with E-state index >= 15 is 0 Å². The zero-order valence-corrected chi connectivity index (χ0v) is 16.4. The highest BCUT2D eigenvalue weighted by atomic mass is 19.1. The van der Waals surface area contributed by atoms with Gasteiger partial charge in [0.05, 0.1) is 6.10 Å². The third-order valence-corrected chi connectivity index (χ3v) is 4.77. The molecule has 0 aliphatic rings. The summed E-state index contributed by atoms with van der Waals surface area (Å²) < 4.78 is 26.6. The topological polar surface area (TPSA) is 58.3 Å². The lowest BCUT2D eigenvalue weighted by atomic mass is 9.99. The van der Waals surface area contributed by atoms with Crippen LogP contribution in [-0.2, 0) is 19.4 Å². The molecule has 0 heterocycles. The third-order valence-electron chi connectivity index (χ3n) is 4.77. The molecule has 0 bridgehead atoms. The fraction of sp³-hybridized carbons (Fsp3) is 0.391. The van der Waals surface area contributed by atoms with Crippen molar-refractivity contribution in [2.24, 2.45) is 5.73 Å². The number of aryl methyl sites for hydroxylation is 2. The summed E-state index contributed by atoms with van der Waals surface area (Å²) in [7, 11) is 0. The summed E-state index contributed by atoms with van der Waals surface area (Å²) in [4.78, 5) is 0. The molecule has 0 aliphatic carbocycles. The van der Waals surface area contributed by atoms with E-state index in [1.54, 1.807) is 0 Å². The van der Waals surface area contributed by atoms with E-state index in [2.05, 4.69) is 37.0 Å². The van der Waals surface area contributed by atoms with Gasteiger partial charge in [-0.1, -0.05) is 29.8 Å². The number of hydrogen-bond acceptors (Lipinski definition) is 3. The van der Waals surface area contributed by atoms with E-state index in [4.69, 9.17) is 5.73 Å². The normalized spacial score (nSPS) is 13.3. The molecular weight excluding hydrogens is 358 g/mol. The molecule has 0 aromatic heterocycles. The van der Waals surface area contributed by atoms with Crippen LogP contribution in [0.15, 0.2) is 49.1 Å². The van der Waals surface area contributed by atoms with Crippen LogP contribution in [0.3, 0.4) is 0 Å². The first-order valence-electron chi connectivity index (χ1n) is 9.67. The molecule has 0 radical (unpaired) electrons. The van der Waals surface area contributed by atoms with Crippen LogP contribution in [0.5, 0.6) is 0 Å². The Morgan fingerprint density at radius 3 is 2.54 bits per heavy atom. The van der Waals surface area contributed by atoms with Crippen molar-refractivity contribution in [2.75, 3.05) is 6.54 Å². The monoisotopic (exact) mass is 388 g/mol. The highest BCUT2D eigenvalue weighted by Crippen LogP contribution is 2.15. The van der Waals surface area contributed by atoms with Gasteiger partial charge in [0.25, 0.3) is 0 Å². The van der Waals surface area contributed by atoms with E-state index in [-0.39, 0.29) is 6.42 Å². The summed E-state index contributed by atoms with van der Waals surface area (Å²) >= 11 is 0. The minimum absolute atomic E-state index is 0.203. The Balaban J connectivity index is 1.87. The molecule has 152 valence electrons. The molecule has 3 nitrogen and oxygen atoms in total. The van der Waals surface area contributed by atoms with Crippen LogP contribution in [0.25, 0.3) is 0 Å². The van der Waals surface area contributed by atoms with E-state index in [9.17, 15) is 13.9 Å². The summed E-state index contributed by atoms with van der Waals surface area (Å²) in [6.07, 6.45) is 4.33. The van der Waals surface area contributed by atoms with Crippen molar-refractivity contribution in [3.05, 3.63) is 82.9 Å². The Morgan fingerprint density at radius 2 is 1.86 bits per heavy atom. The average molecular weight is 389 g/mol. The Kier molecular flexibility index (Phi) is 8.77. The molecule has 28 heavy (non-hydrogen) atoms. The van der Waals surface area contributed by atoms with Crippen LogP contribution in [0, 0.1) is 18.6 Å². The number of halogens is 2. The van der Waals surface area contributed by atoms with Gasteiger partial charge in [-0.3, -0.25) is 0 Å². The lowest BCUT2D eigenvalue weighted by Crippen LogP contribution is -2.43. The number of nitrogens with one attached hydrogen (secondary N) is 1. The van der Waals surface area contributed by atoms with Crippen molar-refractivity contribution in [3.63, 3.8) is 0 Å². The maximum Gasteiger partial charge on any atom is 0.126 e. The highest BCUT2D eigenvalue weighted by molar-refractivity contribution is 5.31. The number of benzene rings is 2. The first-order chi connectivity index (χ1) is 13.4. The molecule has 0 saturated carbocycles. The van der Waals surface area contributed by atoms with E-state index < -0.39 is 23.8 Å². The van der Waals surface area contributed by atoms with E-state index in [1.165, 1.54) is 28.8 Å². The van der Waals surface area contributed by atoms with Gasteiger partial charge >= 0.3 is 0 Å². The summed E-state index contributed by atoms with van der Waals surface area (Å²) in [6.45, 7) is 6.75. The zero-order chi connectivity index (χ0) is 20.5. The van der Waals surface area contributed by atoms with Gasteiger partial charge in [0.15, 0.2) is 0 Å². The molecule has 0 saturated heterocycles. The van der Waals surface area contributed by atoms with Gasteiger partial charge in [-0.05, 0) is 61.4 Å².